The summed E-state index contributed by atoms with van der Waals surface area (Å²) in [6.45, 7) is 0.198. The minimum absolute atomic E-state index is 0.246. The molecular formula is C24H29FNO3+. The molecule has 5 heteroatoms. The van der Waals surface area contributed by atoms with E-state index in [4.69, 9.17) is 4.74 Å². The molecule has 0 amide bonds. The Labute approximate surface area is 171 Å². The van der Waals surface area contributed by atoms with E-state index >= 15 is 0 Å². The molecule has 2 heterocycles. The van der Waals surface area contributed by atoms with Gasteiger partial charge in [0.2, 0.25) is 5.60 Å². The topological polar surface area (TPSA) is 46.5 Å². The van der Waals surface area contributed by atoms with E-state index in [0.29, 0.717) is 29.8 Å². The van der Waals surface area contributed by atoms with Crippen LogP contribution in [-0.2, 0) is 15.1 Å². The van der Waals surface area contributed by atoms with E-state index in [2.05, 4.69) is 7.05 Å². The lowest BCUT2D eigenvalue weighted by atomic mass is 9.86. The quantitative estimate of drug-likeness (QED) is 0.598. The van der Waals surface area contributed by atoms with Gasteiger partial charge in [0, 0.05) is 25.7 Å². The highest BCUT2D eigenvalue weighted by Crippen LogP contribution is 2.43. The monoisotopic (exact) mass is 398 g/mol. The van der Waals surface area contributed by atoms with E-state index in [1.807, 2.05) is 12.1 Å². The Morgan fingerprint density at radius 1 is 1.03 bits per heavy atom. The van der Waals surface area contributed by atoms with Crippen LogP contribution in [-0.4, -0.2) is 54.0 Å². The van der Waals surface area contributed by atoms with Gasteiger partial charge in [-0.05, 0) is 11.1 Å². The molecule has 0 radical (unpaired) electrons. The van der Waals surface area contributed by atoms with E-state index in [-0.39, 0.29) is 12.8 Å². The summed E-state index contributed by atoms with van der Waals surface area (Å²) in [5.74, 6) is -0.638. The van der Waals surface area contributed by atoms with Gasteiger partial charge in [-0.2, -0.15) is 0 Å². The van der Waals surface area contributed by atoms with Crippen molar-refractivity contribution in [1.29, 1.82) is 0 Å². The summed E-state index contributed by atoms with van der Waals surface area (Å²) < 4.78 is 19.8. The minimum Gasteiger partial charge on any atom is -0.459 e. The molecule has 0 spiro atoms. The maximum atomic E-state index is 13.3. The van der Waals surface area contributed by atoms with Crippen LogP contribution in [0.4, 0.5) is 4.39 Å². The van der Waals surface area contributed by atoms with Crippen LogP contribution in [0, 0.1) is 0 Å². The third kappa shape index (κ3) is 3.47. The lowest BCUT2D eigenvalue weighted by Crippen LogP contribution is -2.60. The standard InChI is InChI=1S/C24H29FNO3/c1-26(15-14-25)20-12-13-21(26)17-22(16-20)29-23(27)24(28,18-8-4-2-5-9-18)19-10-6-3-7-11-19/h2-11,20-22,28H,12-17H2,1H3/q+1/t20-,21-,22?,26?/m1/s1. The van der Waals surface area contributed by atoms with Gasteiger partial charge < -0.3 is 14.3 Å². The average molecular weight is 398 g/mol. The van der Waals surface area contributed by atoms with Gasteiger partial charge in [-0.3, -0.25) is 0 Å². The zero-order valence-electron chi connectivity index (χ0n) is 16.8. The number of halogens is 1. The molecule has 29 heavy (non-hydrogen) atoms. The highest BCUT2D eigenvalue weighted by atomic mass is 19.1. The summed E-state index contributed by atoms with van der Waals surface area (Å²) in [7, 11) is 2.13. The molecule has 0 unspecified atom stereocenters. The molecule has 2 aromatic carbocycles. The lowest BCUT2D eigenvalue weighted by Gasteiger charge is -2.46. The number of esters is 1. The highest BCUT2D eigenvalue weighted by molar-refractivity contribution is 5.85. The largest absolute Gasteiger partial charge is 0.459 e. The Morgan fingerprint density at radius 2 is 1.52 bits per heavy atom. The molecule has 2 fully saturated rings. The second kappa shape index (κ2) is 7.88. The second-order valence-electron chi connectivity index (χ2n) is 8.59. The molecule has 0 aliphatic carbocycles. The summed E-state index contributed by atoms with van der Waals surface area (Å²) in [6.07, 6.45) is 3.27. The van der Waals surface area contributed by atoms with Crippen molar-refractivity contribution in [2.24, 2.45) is 0 Å². The number of alkyl halides is 1. The summed E-state index contributed by atoms with van der Waals surface area (Å²) in [4.78, 5) is 13.3. The van der Waals surface area contributed by atoms with Crippen molar-refractivity contribution >= 4 is 5.97 Å². The second-order valence-corrected chi connectivity index (χ2v) is 8.59. The van der Waals surface area contributed by atoms with Gasteiger partial charge in [0.25, 0.3) is 0 Å². The fourth-order valence-corrected chi connectivity index (χ4v) is 5.33. The number of quaternary nitrogens is 1. The third-order valence-corrected chi connectivity index (χ3v) is 7.09. The molecule has 2 aromatic rings. The zero-order chi connectivity index (χ0) is 20.5. The molecule has 4 rings (SSSR count). The number of rotatable bonds is 6. The number of hydrogen-bond acceptors (Lipinski definition) is 3. The molecule has 0 aromatic heterocycles. The number of aliphatic hydroxyl groups is 1. The fraction of sp³-hybridized carbons (Fsp3) is 0.458. The van der Waals surface area contributed by atoms with Crippen molar-refractivity contribution in [2.45, 2.75) is 49.5 Å². The number of benzene rings is 2. The van der Waals surface area contributed by atoms with Crippen LogP contribution in [0.5, 0.6) is 0 Å². The van der Waals surface area contributed by atoms with Crippen LogP contribution in [0.3, 0.4) is 0 Å². The lowest BCUT2D eigenvalue weighted by molar-refractivity contribution is -0.949. The van der Waals surface area contributed by atoms with Crippen LogP contribution in [0.2, 0.25) is 0 Å². The summed E-state index contributed by atoms with van der Waals surface area (Å²) in [5.41, 5.74) is -0.864. The number of hydrogen-bond donors (Lipinski definition) is 1. The predicted octanol–water partition coefficient (Wildman–Crippen LogP) is 3.58. The number of piperidine rings is 1. The third-order valence-electron chi connectivity index (χ3n) is 7.09. The number of nitrogens with zero attached hydrogens (tertiary/aromatic N) is 1. The van der Waals surface area contributed by atoms with Crippen molar-refractivity contribution in [2.75, 3.05) is 20.3 Å². The summed E-state index contributed by atoms with van der Waals surface area (Å²) in [6, 6.07) is 18.5. The SMILES string of the molecule is C[N+]1(CCF)[C@@H]2CC[C@@H]1CC(OC(=O)C(O)(c1ccccc1)c1ccccc1)C2. The predicted molar refractivity (Wildman–Crippen MR) is 109 cm³/mol. The van der Waals surface area contributed by atoms with Crippen LogP contribution in [0.25, 0.3) is 0 Å². The van der Waals surface area contributed by atoms with Crippen molar-refractivity contribution in [3.05, 3.63) is 71.8 Å². The molecule has 4 nitrogen and oxygen atoms in total. The van der Waals surface area contributed by atoms with E-state index in [1.165, 1.54) is 0 Å². The van der Waals surface area contributed by atoms with E-state index in [1.54, 1.807) is 48.5 Å². The van der Waals surface area contributed by atoms with Gasteiger partial charge in [0.15, 0.2) is 0 Å². The van der Waals surface area contributed by atoms with Gasteiger partial charge in [0.05, 0.1) is 19.1 Å². The summed E-state index contributed by atoms with van der Waals surface area (Å²) in [5, 5.41) is 11.6. The molecule has 2 atom stereocenters. The number of carbonyl (C=O) groups excluding carboxylic acids is 1. The molecule has 2 bridgehead atoms. The van der Waals surface area contributed by atoms with Crippen LogP contribution in [0.1, 0.15) is 36.8 Å². The Hall–Kier alpha value is -2.24. The first kappa shape index (κ1) is 20.0. The molecule has 1 N–H and O–H groups in total. The first-order valence-corrected chi connectivity index (χ1v) is 10.4. The Bertz CT molecular complexity index is 788. The van der Waals surface area contributed by atoms with E-state index < -0.39 is 11.6 Å². The Morgan fingerprint density at radius 3 is 1.97 bits per heavy atom. The van der Waals surface area contributed by atoms with Gasteiger partial charge in [-0.1, -0.05) is 60.7 Å². The van der Waals surface area contributed by atoms with Gasteiger partial charge >= 0.3 is 5.97 Å². The van der Waals surface area contributed by atoms with E-state index in [0.717, 1.165) is 30.2 Å². The molecule has 0 saturated carbocycles. The first-order chi connectivity index (χ1) is 14.0. The molecular weight excluding hydrogens is 369 g/mol. The maximum absolute atomic E-state index is 13.3. The highest BCUT2D eigenvalue weighted by Gasteiger charge is 2.53. The van der Waals surface area contributed by atoms with Crippen LogP contribution >= 0.6 is 0 Å². The first-order valence-electron chi connectivity index (χ1n) is 10.4. The van der Waals surface area contributed by atoms with Crippen LogP contribution in [0.15, 0.2) is 60.7 Å². The fourth-order valence-electron chi connectivity index (χ4n) is 5.33. The van der Waals surface area contributed by atoms with Gasteiger partial charge in [-0.15, -0.1) is 0 Å². The van der Waals surface area contributed by atoms with Gasteiger partial charge in [0.1, 0.15) is 19.3 Å². The molecule has 154 valence electrons. The van der Waals surface area contributed by atoms with Crippen molar-refractivity contribution in [3.63, 3.8) is 0 Å². The Kier molecular flexibility index (Phi) is 5.45. The normalized spacial score (nSPS) is 28.9. The minimum atomic E-state index is -1.85. The van der Waals surface area contributed by atoms with Crippen molar-refractivity contribution in [1.82, 2.24) is 0 Å². The number of carbonyl (C=O) groups is 1. The summed E-state index contributed by atoms with van der Waals surface area (Å²) >= 11 is 0. The van der Waals surface area contributed by atoms with Crippen molar-refractivity contribution in [3.8, 4) is 0 Å². The smallest absolute Gasteiger partial charge is 0.347 e. The number of fused-ring (bicyclic) bond motifs is 2. The zero-order valence-corrected chi connectivity index (χ0v) is 16.8. The van der Waals surface area contributed by atoms with Gasteiger partial charge in [-0.25, -0.2) is 9.18 Å². The number of ether oxygens (including phenoxy) is 1. The van der Waals surface area contributed by atoms with Crippen LogP contribution < -0.4 is 0 Å². The maximum Gasteiger partial charge on any atom is 0.347 e. The Balaban J connectivity index is 1.58. The van der Waals surface area contributed by atoms with Crippen molar-refractivity contribution < 1.29 is 23.5 Å². The molecule has 2 saturated heterocycles. The van der Waals surface area contributed by atoms with E-state index in [9.17, 15) is 14.3 Å². The molecule has 2 aliphatic heterocycles. The average Bonchev–Trinajstić information content (AvgIpc) is 2.91. The molecule has 2 aliphatic rings.